The van der Waals surface area contributed by atoms with Crippen LogP contribution in [0.5, 0.6) is 0 Å². The monoisotopic (exact) mass is 224 g/mol. The zero-order valence-corrected chi connectivity index (χ0v) is 11.7. The summed E-state index contributed by atoms with van der Waals surface area (Å²) >= 11 is 0. The predicted octanol–water partition coefficient (Wildman–Crippen LogP) is -1.45. The summed E-state index contributed by atoms with van der Waals surface area (Å²) in [7, 11) is 0. The van der Waals surface area contributed by atoms with Gasteiger partial charge in [0.2, 0.25) is 5.91 Å². The van der Waals surface area contributed by atoms with Crippen molar-refractivity contribution in [3.05, 3.63) is 0 Å². The summed E-state index contributed by atoms with van der Waals surface area (Å²) in [6.45, 7) is 1.87. The summed E-state index contributed by atoms with van der Waals surface area (Å²) in [6.07, 6.45) is 5.89. The minimum atomic E-state index is -0.996. The molecule has 0 unspecified atom stereocenters. The van der Waals surface area contributed by atoms with E-state index in [4.69, 9.17) is 5.11 Å². The number of amides is 1. The Morgan fingerprint density at radius 2 is 1.73 bits per heavy atom. The first kappa shape index (κ1) is 17.3. The Morgan fingerprint density at radius 3 is 2.27 bits per heavy atom. The number of carboxylic acid groups (broad SMARTS) is 1. The van der Waals surface area contributed by atoms with E-state index in [0.717, 1.165) is 19.3 Å². The van der Waals surface area contributed by atoms with Crippen molar-refractivity contribution in [3.63, 3.8) is 0 Å². The molecule has 0 spiro atoms. The maximum Gasteiger partial charge on any atom is 1.00 e. The zero-order valence-electron chi connectivity index (χ0n) is 9.71. The number of carbonyl (C=O) groups excluding carboxylic acids is 1. The smallest absolute Gasteiger partial charge is 0.480 e. The van der Waals surface area contributed by atoms with Crippen LogP contribution >= 0.6 is 0 Å². The predicted molar refractivity (Wildman–Crippen MR) is 54.0 cm³/mol. The van der Waals surface area contributed by atoms with E-state index in [-0.39, 0.29) is 42.0 Å². The van der Waals surface area contributed by atoms with E-state index in [9.17, 15) is 9.59 Å². The molecule has 5 heteroatoms. The van der Waals surface area contributed by atoms with Crippen molar-refractivity contribution in [1.29, 1.82) is 0 Å². The van der Waals surface area contributed by atoms with Crippen LogP contribution in [0.15, 0.2) is 0 Å². The van der Waals surface area contributed by atoms with E-state index in [0.29, 0.717) is 6.42 Å². The maximum atomic E-state index is 11.0. The number of nitrogens with one attached hydrogen (secondary N) is 1. The molecule has 0 aromatic heterocycles. The Labute approximate surface area is 113 Å². The molecule has 0 fully saturated rings. The van der Waals surface area contributed by atoms with Crippen LogP contribution in [-0.2, 0) is 9.59 Å². The standard InChI is InChI=1S/C10H19NO3.Na/c1-2-3-4-5-6-7-9(12)11-8-10(13)14;/h2-8H2,1H3,(H,11,12)(H,13,14);/q;+1. The van der Waals surface area contributed by atoms with Gasteiger partial charge in [0, 0.05) is 6.42 Å². The van der Waals surface area contributed by atoms with Gasteiger partial charge in [-0.3, -0.25) is 9.59 Å². The zero-order chi connectivity index (χ0) is 10.8. The molecule has 0 heterocycles. The first-order valence-corrected chi connectivity index (χ1v) is 5.15. The average Bonchev–Trinajstić information content (AvgIpc) is 2.14. The Kier molecular flexibility index (Phi) is 13.9. The van der Waals surface area contributed by atoms with Crippen LogP contribution in [-0.4, -0.2) is 23.5 Å². The number of carboxylic acids is 1. The number of aliphatic carboxylic acids is 1. The van der Waals surface area contributed by atoms with Gasteiger partial charge in [0.1, 0.15) is 6.54 Å². The summed E-state index contributed by atoms with van der Waals surface area (Å²) < 4.78 is 0. The van der Waals surface area contributed by atoms with Crippen molar-refractivity contribution in [2.24, 2.45) is 0 Å². The Morgan fingerprint density at radius 1 is 1.13 bits per heavy atom. The van der Waals surface area contributed by atoms with Gasteiger partial charge in [-0.15, -0.1) is 0 Å². The second-order valence-corrected chi connectivity index (χ2v) is 3.33. The van der Waals surface area contributed by atoms with Gasteiger partial charge in [-0.2, -0.15) is 0 Å². The summed E-state index contributed by atoms with van der Waals surface area (Å²) in [5.74, 6) is -1.16. The topological polar surface area (TPSA) is 66.4 Å². The number of unbranched alkanes of at least 4 members (excludes halogenated alkanes) is 4. The molecule has 0 aliphatic carbocycles. The molecule has 0 aliphatic rings. The molecule has 0 atom stereocenters. The Bertz CT molecular complexity index is 186. The molecule has 0 radical (unpaired) electrons. The van der Waals surface area contributed by atoms with E-state index in [1.165, 1.54) is 12.8 Å². The number of rotatable bonds is 8. The number of carbonyl (C=O) groups is 2. The molecule has 0 aromatic carbocycles. The Hall–Kier alpha value is -0.0600. The van der Waals surface area contributed by atoms with E-state index in [2.05, 4.69) is 12.2 Å². The van der Waals surface area contributed by atoms with Gasteiger partial charge in [-0.1, -0.05) is 32.6 Å². The molecule has 0 aliphatic heterocycles. The van der Waals surface area contributed by atoms with Crippen LogP contribution in [0.25, 0.3) is 0 Å². The molecule has 4 nitrogen and oxygen atoms in total. The van der Waals surface area contributed by atoms with Gasteiger partial charge < -0.3 is 10.4 Å². The summed E-state index contributed by atoms with van der Waals surface area (Å²) in [5.41, 5.74) is 0. The van der Waals surface area contributed by atoms with Crippen molar-refractivity contribution in [2.45, 2.75) is 45.4 Å². The summed E-state index contributed by atoms with van der Waals surface area (Å²) in [5, 5.41) is 10.6. The molecule has 0 saturated heterocycles. The molecule has 2 N–H and O–H groups in total. The number of hydrogen-bond acceptors (Lipinski definition) is 2. The first-order valence-electron chi connectivity index (χ1n) is 5.15. The van der Waals surface area contributed by atoms with Gasteiger partial charge in [-0.05, 0) is 6.42 Å². The van der Waals surface area contributed by atoms with Gasteiger partial charge >= 0.3 is 35.5 Å². The molecule has 0 aromatic rings. The maximum absolute atomic E-state index is 11.0. The SMILES string of the molecule is CCCCCCCC(=O)NCC(=O)O.[Na+]. The molecule has 0 bridgehead atoms. The van der Waals surface area contributed by atoms with Crippen LogP contribution in [0.1, 0.15) is 45.4 Å². The van der Waals surface area contributed by atoms with Crippen molar-refractivity contribution >= 4 is 11.9 Å². The van der Waals surface area contributed by atoms with Gasteiger partial charge in [0.25, 0.3) is 0 Å². The van der Waals surface area contributed by atoms with Gasteiger partial charge in [0.05, 0.1) is 0 Å². The first-order chi connectivity index (χ1) is 6.66. The van der Waals surface area contributed by atoms with E-state index in [1.807, 2.05) is 0 Å². The van der Waals surface area contributed by atoms with Crippen LogP contribution in [0.2, 0.25) is 0 Å². The fourth-order valence-corrected chi connectivity index (χ4v) is 1.15. The quantitative estimate of drug-likeness (QED) is 0.391. The summed E-state index contributed by atoms with van der Waals surface area (Å²) in [4.78, 5) is 21.1. The van der Waals surface area contributed by atoms with Gasteiger partial charge in [0.15, 0.2) is 0 Å². The van der Waals surface area contributed by atoms with Crippen LogP contribution < -0.4 is 34.9 Å². The third-order valence-corrected chi connectivity index (χ3v) is 1.94. The largest absolute Gasteiger partial charge is 1.00 e. The van der Waals surface area contributed by atoms with Crippen LogP contribution in [0.4, 0.5) is 0 Å². The van der Waals surface area contributed by atoms with Crippen molar-refractivity contribution in [2.75, 3.05) is 6.54 Å². The van der Waals surface area contributed by atoms with E-state index >= 15 is 0 Å². The van der Waals surface area contributed by atoms with Crippen molar-refractivity contribution in [3.8, 4) is 0 Å². The van der Waals surface area contributed by atoms with Crippen LogP contribution in [0.3, 0.4) is 0 Å². The average molecular weight is 224 g/mol. The fourth-order valence-electron chi connectivity index (χ4n) is 1.15. The van der Waals surface area contributed by atoms with Crippen LogP contribution in [0, 0.1) is 0 Å². The third kappa shape index (κ3) is 13.9. The second kappa shape index (κ2) is 12.0. The molecule has 1 amide bonds. The molecular weight excluding hydrogens is 205 g/mol. The molecule has 82 valence electrons. The molecule has 0 saturated carbocycles. The fraction of sp³-hybridized carbons (Fsp3) is 0.800. The third-order valence-electron chi connectivity index (χ3n) is 1.94. The molecule has 15 heavy (non-hydrogen) atoms. The normalized spacial score (nSPS) is 9.13. The second-order valence-electron chi connectivity index (χ2n) is 3.33. The summed E-state index contributed by atoms with van der Waals surface area (Å²) in [6, 6.07) is 0. The van der Waals surface area contributed by atoms with Gasteiger partial charge in [-0.25, -0.2) is 0 Å². The minimum absolute atomic E-state index is 0. The van der Waals surface area contributed by atoms with E-state index < -0.39 is 5.97 Å². The van der Waals surface area contributed by atoms with E-state index in [1.54, 1.807) is 0 Å². The van der Waals surface area contributed by atoms with Crippen molar-refractivity contribution < 1.29 is 44.3 Å². The number of hydrogen-bond donors (Lipinski definition) is 2. The van der Waals surface area contributed by atoms with Crippen molar-refractivity contribution in [1.82, 2.24) is 5.32 Å². The minimum Gasteiger partial charge on any atom is -0.480 e. The molecule has 0 rings (SSSR count). The Balaban J connectivity index is 0. The molecular formula is C10H19NNaO3+.